The summed E-state index contributed by atoms with van der Waals surface area (Å²) in [7, 11) is 0. The van der Waals surface area contributed by atoms with E-state index in [1.807, 2.05) is 19.1 Å². The van der Waals surface area contributed by atoms with Crippen molar-refractivity contribution in [1.82, 2.24) is 5.32 Å². The summed E-state index contributed by atoms with van der Waals surface area (Å²) in [6.07, 6.45) is 3.71. The normalized spacial score (nSPS) is 26.2. The zero-order chi connectivity index (χ0) is 14.8. The maximum absolute atomic E-state index is 12.5. The van der Waals surface area contributed by atoms with Gasteiger partial charge in [0.25, 0.3) is 5.91 Å². The summed E-state index contributed by atoms with van der Waals surface area (Å²) in [5, 5.41) is 12.7. The van der Waals surface area contributed by atoms with Crippen LogP contribution in [-0.4, -0.2) is 23.2 Å². The van der Waals surface area contributed by atoms with Gasteiger partial charge in [0.2, 0.25) is 0 Å². The molecule has 0 bridgehead atoms. The first-order valence-corrected chi connectivity index (χ1v) is 7.26. The zero-order valence-corrected chi connectivity index (χ0v) is 12.3. The van der Waals surface area contributed by atoms with Gasteiger partial charge in [0.15, 0.2) is 0 Å². The van der Waals surface area contributed by atoms with Crippen LogP contribution in [0.2, 0.25) is 0 Å². The van der Waals surface area contributed by atoms with Crippen LogP contribution < -0.4 is 11.1 Å². The molecule has 1 aromatic rings. The van der Waals surface area contributed by atoms with Gasteiger partial charge in [-0.05, 0) is 50.2 Å². The van der Waals surface area contributed by atoms with Crippen molar-refractivity contribution in [2.24, 2.45) is 5.92 Å². The Balaban J connectivity index is 2.18. The van der Waals surface area contributed by atoms with Crippen molar-refractivity contribution >= 4 is 11.6 Å². The van der Waals surface area contributed by atoms with Crippen LogP contribution in [0.1, 0.15) is 48.5 Å². The second kappa shape index (κ2) is 5.83. The first-order valence-electron chi connectivity index (χ1n) is 7.26. The third-order valence-corrected chi connectivity index (χ3v) is 4.44. The van der Waals surface area contributed by atoms with E-state index in [2.05, 4.69) is 12.2 Å². The van der Waals surface area contributed by atoms with Gasteiger partial charge in [-0.3, -0.25) is 4.79 Å². The number of benzene rings is 1. The molecule has 0 radical (unpaired) electrons. The van der Waals surface area contributed by atoms with Gasteiger partial charge in [0.05, 0.1) is 17.7 Å². The maximum atomic E-state index is 12.5. The van der Waals surface area contributed by atoms with Crippen molar-refractivity contribution in [3.05, 3.63) is 29.3 Å². The molecular weight excluding hydrogens is 252 g/mol. The first-order chi connectivity index (χ1) is 9.47. The topological polar surface area (TPSA) is 75.4 Å². The van der Waals surface area contributed by atoms with Gasteiger partial charge in [0, 0.05) is 5.69 Å². The Morgan fingerprint density at radius 1 is 1.45 bits per heavy atom. The molecule has 4 heteroatoms. The molecule has 1 fully saturated rings. The van der Waals surface area contributed by atoms with Crippen molar-refractivity contribution < 1.29 is 9.90 Å². The summed E-state index contributed by atoms with van der Waals surface area (Å²) < 4.78 is 0. The van der Waals surface area contributed by atoms with E-state index in [1.165, 1.54) is 0 Å². The quantitative estimate of drug-likeness (QED) is 0.741. The second-order valence-corrected chi connectivity index (χ2v) is 6.11. The van der Waals surface area contributed by atoms with E-state index in [0.29, 0.717) is 17.2 Å². The molecule has 110 valence electrons. The third-order valence-electron chi connectivity index (χ3n) is 4.44. The Kier molecular flexibility index (Phi) is 4.33. The fraction of sp³-hybridized carbons (Fsp3) is 0.562. The number of aryl methyl sites for hydroxylation is 1. The summed E-state index contributed by atoms with van der Waals surface area (Å²) in [4.78, 5) is 12.5. The molecule has 1 aliphatic rings. The van der Waals surface area contributed by atoms with Crippen LogP contribution in [0.4, 0.5) is 5.69 Å². The Hall–Kier alpha value is -1.55. The van der Waals surface area contributed by atoms with Crippen LogP contribution >= 0.6 is 0 Å². The van der Waals surface area contributed by atoms with E-state index in [9.17, 15) is 9.90 Å². The lowest BCUT2D eigenvalue weighted by Crippen LogP contribution is -2.53. The number of aliphatic hydroxyl groups is 1. The molecule has 1 amide bonds. The van der Waals surface area contributed by atoms with E-state index < -0.39 is 5.54 Å². The molecule has 2 rings (SSSR count). The van der Waals surface area contributed by atoms with Crippen molar-refractivity contribution in [2.45, 2.75) is 45.1 Å². The van der Waals surface area contributed by atoms with Gasteiger partial charge < -0.3 is 16.2 Å². The lowest BCUT2D eigenvalue weighted by Gasteiger charge is -2.39. The number of nitrogen functional groups attached to an aromatic ring is 1. The number of carbonyl (C=O) groups is 1. The molecule has 0 unspecified atom stereocenters. The van der Waals surface area contributed by atoms with Crippen LogP contribution in [0.5, 0.6) is 0 Å². The number of amides is 1. The predicted molar refractivity (Wildman–Crippen MR) is 80.5 cm³/mol. The third kappa shape index (κ3) is 2.96. The summed E-state index contributed by atoms with van der Waals surface area (Å²) in [6, 6.07) is 5.45. The second-order valence-electron chi connectivity index (χ2n) is 6.11. The monoisotopic (exact) mass is 276 g/mol. The Morgan fingerprint density at radius 3 is 2.65 bits per heavy atom. The minimum atomic E-state index is -0.488. The van der Waals surface area contributed by atoms with E-state index in [0.717, 1.165) is 31.2 Å². The lowest BCUT2D eigenvalue weighted by atomic mass is 9.77. The minimum absolute atomic E-state index is 0.0166. The number of hydrogen-bond acceptors (Lipinski definition) is 3. The van der Waals surface area contributed by atoms with Crippen molar-refractivity contribution in [1.29, 1.82) is 0 Å². The molecule has 4 nitrogen and oxygen atoms in total. The van der Waals surface area contributed by atoms with Gasteiger partial charge in [-0.15, -0.1) is 0 Å². The fourth-order valence-corrected chi connectivity index (χ4v) is 2.94. The first kappa shape index (κ1) is 14.9. The molecule has 0 aliphatic heterocycles. The highest BCUT2D eigenvalue weighted by atomic mass is 16.3. The van der Waals surface area contributed by atoms with E-state index in [1.54, 1.807) is 6.07 Å². The Morgan fingerprint density at radius 2 is 2.10 bits per heavy atom. The maximum Gasteiger partial charge on any atom is 0.254 e. The summed E-state index contributed by atoms with van der Waals surface area (Å²) in [5.41, 5.74) is 7.30. The van der Waals surface area contributed by atoms with Gasteiger partial charge >= 0.3 is 0 Å². The molecule has 1 aliphatic carbocycles. The Bertz CT molecular complexity index is 471. The van der Waals surface area contributed by atoms with Gasteiger partial charge in [-0.2, -0.15) is 0 Å². The van der Waals surface area contributed by atoms with Crippen LogP contribution in [0.3, 0.4) is 0 Å². The van der Waals surface area contributed by atoms with Gasteiger partial charge in [0.1, 0.15) is 0 Å². The van der Waals surface area contributed by atoms with Crippen LogP contribution in [-0.2, 0) is 0 Å². The zero-order valence-electron chi connectivity index (χ0n) is 12.3. The lowest BCUT2D eigenvalue weighted by molar-refractivity contribution is 0.0717. The predicted octanol–water partition coefficient (Wildman–Crippen LogP) is 2.25. The van der Waals surface area contributed by atoms with Gasteiger partial charge in [-0.25, -0.2) is 0 Å². The molecule has 20 heavy (non-hydrogen) atoms. The van der Waals surface area contributed by atoms with Crippen molar-refractivity contribution in [2.75, 3.05) is 12.3 Å². The molecule has 0 saturated heterocycles. The molecule has 0 atom stereocenters. The molecule has 1 saturated carbocycles. The summed E-state index contributed by atoms with van der Waals surface area (Å²) in [6.45, 7) is 4.07. The molecule has 0 spiro atoms. The molecular formula is C16H24N2O2. The number of nitrogens with two attached hydrogens (primary N) is 1. The highest BCUT2D eigenvalue weighted by Gasteiger charge is 2.35. The van der Waals surface area contributed by atoms with Crippen molar-refractivity contribution in [3.63, 3.8) is 0 Å². The van der Waals surface area contributed by atoms with E-state index in [-0.39, 0.29) is 12.5 Å². The van der Waals surface area contributed by atoms with Gasteiger partial charge in [-0.1, -0.05) is 19.1 Å². The number of carbonyl (C=O) groups excluding carboxylic acids is 1. The van der Waals surface area contributed by atoms with Crippen molar-refractivity contribution in [3.8, 4) is 0 Å². The SMILES string of the molecule is Cc1cccc(N)c1C(=O)NC1(CO)CCC(C)CC1. The Labute approximate surface area is 120 Å². The average Bonchev–Trinajstić information content (AvgIpc) is 2.41. The number of aliphatic hydroxyl groups excluding tert-OH is 1. The molecule has 1 aromatic carbocycles. The van der Waals surface area contributed by atoms with Crippen LogP contribution in [0, 0.1) is 12.8 Å². The molecule has 4 N–H and O–H groups in total. The highest BCUT2D eigenvalue weighted by Crippen LogP contribution is 2.32. The smallest absolute Gasteiger partial charge is 0.254 e. The van der Waals surface area contributed by atoms with Crippen LogP contribution in [0.25, 0.3) is 0 Å². The number of hydrogen-bond donors (Lipinski definition) is 3. The highest BCUT2D eigenvalue weighted by molar-refractivity contribution is 6.00. The molecule has 0 aromatic heterocycles. The molecule has 0 heterocycles. The number of anilines is 1. The number of nitrogens with one attached hydrogen (secondary N) is 1. The van der Waals surface area contributed by atoms with E-state index >= 15 is 0 Å². The minimum Gasteiger partial charge on any atom is -0.398 e. The fourth-order valence-electron chi connectivity index (χ4n) is 2.94. The summed E-state index contributed by atoms with van der Waals surface area (Å²) in [5.74, 6) is 0.485. The largest absolute Gasteiger partial charge is 0.398 e. The average molecular weight is 276 g/mol. The van der Waals surface area contributed by atoms with Crippen LogP contribution in [0.15, 0.2) is 18.2 Å². The van der Waals surface area contributed by atoms with E-state index in [4.69, 9.17) is 5.73 Å². The standard InChI is InChI=1S/C16H24N2O2/c1-11-6-8-16(10-19,9-7-11)18-15(20)14-12(2)4-3-5-13(14)17/h3-5,11,19H,6-10,17H2,1-2H3,(H,18,20). The number of rotatable bonds is 3. The summed E-state index contributed by atoms with van der Waals surface area (Å²) >= 11 is 0.